The molecule has 2 heteroatoms. The van der Waals surface area contributed by atoms with Crippen molar-refractivity contribution in [2.75, 3.05) is 13.2 Å². The smallest absolute Gasteiger partial charge is 0.138 e. The van der Waals surface area contributed by atoms with Crippen molar-refractivity contribution in [2.45, 2.75) is 40.5 Å². The van der Waals surface area contributed by atoms with Crippen LogP contribution in [0.5, 0.6) is 0 Å². The third-order valence-electron chi connectivity index (χ3n) is 2.82. The predicted octanol–water partition coefficient (Wildman–Crippen LogP) is 3.22. The molecule has 0 bridgehead atoms. The van der Waals surface area contributed by atoms with E-state index < -0.39 is 0 Å². The van der Waals surface area contributed by atoms with Gasteiger partial charge >= 0.3 is 0 Å². The van der Waals surface area contributed by atoms with Crippen LogP contribution < -0.4 is 5.32 Å². The number of hydrogen-bond donors (Lipinski definition) is 1. The summed E-state index contributed by atoms with van der Waals surface area (Å²) in [6.45, 7) is 10.5. The summed E-state index contributed by atoms with van der Waals surface area (Å²) in [7, 11) is 0. The molecule has 2 nitrogen and oxygen atoms in total. The zero-order valence-electron chi connectivity index (χ0n) is 10.4. The van der Waals surface area contributed by atoms with Crippen LogP contribution in [0.1, 0.15) is 40.5 Å². The second-order valence-corrected chi connectivity index (χ2v) is 4.20. The zero-order chi connectivity index (χ0) is 11.3. The molecule has 1 heterocycles. The summed E-state index contributed by atoms with van der Waals surface area (Å²) in [5.74, 6) is 1.65. The van der Waals surface area contributed by atoms with Gasteiger partial charge in [-0.25, -0.2) is 0 Å². The van der Waals surface area contributed by atoms with Gasteiger partial charge in [-0.3, -0.25) is 0 Å². The summed E-state index contributed by atoms with van der Waals surface area (Å²) < 4.78 is 5.70. The van der Waals surface area contributed by atoms with Crippen molar-refractivity contribution in [3.8, 4) is 0 Å². The quantitative estimate of drug-likeness (QED) is 0.767. The fraction of sp³-hybridized carbons (Fsp3) is 0.692. The van der Waals surface area contributed by atoms with Crippen molar-refractivity contribution in [3.05, 3.63) is 23.1 Å². The number of allylic oxidation sites excluding steroid dienone is 3. The minimum Gasteiger partial charge on any atom is -0.490 e. The molecule has 15 heavy (non-hydrogen) atoms. The second-order valence-electron chi connectivity index (χ2n) is 4.20. The third kappa shape index (κ3) is 3.29. The predicted molar refractivity (Wildman–Crippen MR) is 64.5 cm³/mol. The molecule has 0 aromatic heterocycles. The van der Waals surface area contributed by atoms with Crippen molar-refractivity contribution in [1.29, 1.82) is 0 Å². The summed E-state index contributed by atoms with van der Waals surface area (Å²) >= 11 is 0. The highest BCUT2D eigenvalue weighted by Crippen LogP contribution is 2.20. The molecule has 1 N–H and O–H groups in total. The van der Waals surface area contributed by atoms with Gasteiger partial charge in [0.1, 0.15) is 12.4 Å². The highest BCUT2D eigenvalue weighted by Gasteiger charge is 2.11. The largest absolute Gasteiger partial charge is 0.490 e. The highest BCUT2D eigenvalue weighted by atomic mass is 16.5. The fourth-order valence-corrected chi connectivity index (χ4v) is 1.81. The molecular formula is C13H23NO. The van der Waals surface area contributed by atoms with E-state index in [1.165, 1.54) is 11.3 Å². The van der Waals surface area contributed by atoms with Crippen LogP contribution in [0.15, 0.2) is 23.1 Å². The molecule has 86 valence electrons. The van der Waals surface area contributed by atoms with Gasteiger partial charge in [0.15, 0.2) is 0 Å². The molecule has 1 aliphatic heterocycles. The third-order valence-corrected chi connectivity index (χ3v) is 2.82. The van der Waals surface area contributed by atoms with E-state index in [9.17, 15) is 0 Å². The Hall–Kier alpha value is -0.920. The standard InChI is InChI=1S/C13H23NO/c1-5-11(10(3)4)9-13-12(6-2)14-7-8-15-13/h9-10,14H,5-8H2,1-4H3/b11-9+. The van der Waals surface area contributed by atoms with E-state index in [1.54, 1.807) is 0 Å². The first-order valence-corrected chi connectivity index (χ1v) is 5.99. The van der Waals surface area contributed by atoms with Crippen molar-refractivity contribution in [1.82, 2.24) is 5.32 Å². The maximum atomic E-state index is 5.70. The van der Waals surface area contributed by atoms with Crippen molar-refractivity contribution in [3.63, 3.8) is 0 Å². The van der Waals surface area contributed by atoms with Gasteiger partial charge in [-0.2, -0.15) is 0 Å². The molecule has 0 fully saturated rings. The van der Waals surface area contributed by atoms with Crippen LogP contribution in [0.4, 0.5) is 0 Å². The summed E-state index contributed by atoms with van der Waals surface area (Å²) in [6.07, 6.45) is 4.33. The number of rotatable bonds is 4. The Balaban J connectivity index is 2.88. The lowest BCUT2D eigenvalue weighted by Gasteiger charge is -2.21. The van der Waals surface area contributed by atoms with Gasteiger partial charge in [-0.1, -0.05) is 33.3 Å². The normalized spacial score (nSPS) is 17.8. The van der Waals surface area contributed by atoms with Gasteiger partial charge in [-0.15, -0.1) is 0 Å². The lowest BCUT2D eigenvalue weighted by Crippen LogP contribution is -2.26. The minimum atomic E-state index is 0.603. The highest BCUT2D eigenvalue weighted by molar-refractivity contribution is 5.25. The summed E-state index contributed by atoms with van der Waals surface area (Å²) in [5.41, 5.74) is 2.70. The number of hydrogen-bond acceptors (Lipinski definition) is 2. The molecule has 0 atom stereocenters. The van der Waals surface area contributed by atoms with Crippen LogP contribution >= 0.6 is 0 Å². The van der Waals surface area contributed by atoms with Crippen LogP contribution in [-0.4, -0.2) is 13.2 Å². The Morgan fingerprint density at radius 2 is 2.20 bits per heavy atom. The van der Waals surface area contributed by atoms with E-state index in [1.807, 2.05) is 0 Å². The van der Waals surface area contributed by atoms with Crippen LogP contribution in [0.2, 0.25) is 0 Å². The maximum Gasteiger partial charge on any atom is 0.138 e. The molecular weight excluding hydrogens is 186 g/mol. The first kappa shape index (κ1) is 12.2. The van der Waals surface area contributed by atoms with Crippen molar-refractivity contribution in [2.24, 2.45) is 5.92 Å². The average molecular weight is 209 g/mol. The van der Waals surface area contributed by atoms with E-state index in [4.69, 9.17) is 4.74 Å². The van der Waals surface area contributed by atoms with Gasteiger partial charge in [-0.05, 0) is 24.8 Å². The van der Waals surface area contributed by atoms with E-state index in [2.05, 4.69) is 39.1 Å². The van der Waals surface area contributed by atoms with Crippen molar-refractivity contribution < 1.29 is 4.74 Å². The molecule has 0 aromatic rings. The molecule has 0 aliphatic carbocycles. The summed E-state index contributed by atoms with van der Waals surface area (Å²) in [5, 5.41) is 3.40. The Morgan fingerprint density at radius 3 is 2.73 bits per heavy atom. The topological polar surface area (TPSA) is 21.3 Å². The molecule has 1 rings (SSSR count). The van der Waals surface area contributed by atoms with E-state index in [-0.39, 0.29) is 0 Å². The van der Waals surface area contributed by atoms with Crippen LogP contribution in [0.25, 0.3) is 0 Å². The maximum absolute atomic E-state index is 5.70. The average Bonchev–Trinajstić information content (AvgIpc) is 2.25. The lowest BCUT2D eigenvalue weighted by molar-refractivity contribution is 0.201. The van der Waals surface area contributed by atoms with Crippen LogP contribution in [0.3, 0.4) is 0 Å². The van der Waals surface area contributed by atoms with Crippen LogP contribution in [0, 0.1) is 5.92 Å². The second kappa shape index (κ2) is 5.84. The molecule has 0 unspecified atom stereocenters. The molecule has 0 saturated heterocycles. The Kier molecular flexibility index (Phi) is 4.73. The molecule has 0 spiro atoms. The van der Waals surface area contributed by atoms with Gasteiger partial charge < -0.3 is 10.1 Å². The lowest BCUT2D eigenvalue weighted by atomic mass is 9.99. The van der Waals surface area contributed by atoms with Crippen LogP contribution in [-0.2, 0) is 4.74 Å². The zero-order valence-corrected chi connectivity index (χ0v) is 10.4. The first-order valence-electron chi connectivity index (χ1n) is 5.99. The summed E-state index contributed by atoms with van der Waals surface area (Å²) in [4.78, 5) is 0. The molecule has 0 radical (unpaired) electrons. The van der Waals surface area contributed by atoms with Crippen molar-refractivity contribution >= 4 is 0 Å². The first-order chi connectivity index (χ1) is 7.19. The summed E-state index contributed by atoms with van der Waals surface area (Å²) in [6, 6.07) is 0. The molecule has 0 aromatic carbocycles. The van der Waals surface area contributed by atoms with E-state index in [0.717, 1.165) is 31.8 Å². The van der Waals surface area contributed by atoms with E-state index >= 15 is 0 Å². The number of nitrogens with one attached hydrogen (secondary N) is 1. The Labute approximate surface area is 93.4 Å². The van der Waals surface area contributed by atoms with Gasteiger partial charge in [0.2, 0.25) is 0 Å². The van der Waals surface area contributed by atoms with Gasteiger partial charge in [0.05, 0.1) is 5.70 Å². The molecule has 0 amide bonds. The fourth-order valence-electron chi connectivity index (χ4n) is 1.81. The Morgan fingerprint density at radius 1 is 1.47 bits per heavy atom. The van der Waals surface area contributed by atoms with Gasteiger partial charge in [0.25, 0.3) is 0 Å². The van der Waals surface area contributed by atoms with E-state index in [0.29, 0.717) is 5.92 Å². The monoisotopic (exact) mass is 209 g/mol. The molecule has 0 saturated carbocycles. The van der Waals surface area contributed by atoms with Gasteiger partial charge in [0, 0.05) is 6.54 Å². The minimum absolute atomic E-state index is 0.603. The molecule has 1 aliphatic rings. The number of ether oxygens (including phenoxy) is 1. The Bertz CT molecular complexity index is 264. The SMILES string of the molecule is CCC1=C(/C=C(\CC)C(C)C)OCCN1.